The number of rotatable bonds is 5. The van der Waals surface area contributed by atoms with Gasteiger partial charge in [-0.15, -0.1) is 4.73 Å². The smallest absolute Gasteiger partial charge is 0.492 e. The van der Waals surface area contributed by atoms with Gasteiger partial charge in [-0.1, -0.05) is 18.2 Å². The Morgan fingerprint density at radius 2 is 1.50 bits per heavy atom. The maximum atomic E-state index is 11.6. The summed E-state index contributed by atoms with van der Waals surface area (Å²) in [5.74, 6) is -1.48. The third kappa shape index (κ3) is 3.92. The monoisotopic (exact) mass is 307 g/mol. The van der Waals surface area contributed by atoms with Gasteiger partial charge in [-0.05, 0) is 12.1 Å². The van der Waals surface area contributed by atoms with Crippen LogP contribution >= 0.6 is 0 Å². The molecule has 1 aromatic carbocycles. The van der Waals surface area contributed by atoms with Crippen molar-refractivity contribution in [2.45, 2.75) is 0 Å². The Hall–Kier alpha value is -3.16. The van der Waals surface area contributed by atoms with Crippen LogP contribution in [0.5, 0.6) is 11.8 Å². The minimum atomic E-state index is -1.17. The zero-order chi connectivity index (χ0) is 15.9. The molecule has 0 unspecified atom stereocenters. The van der Waals surface area contributed by atoms with E-state index in [0.717, 1.165) is 12.1 Å². The minimum Gasteiger partial charge on any atom is -0.492 e. The zero-order valence-corrected chi connectivity index (χ0v) is 11.3. The van der Waals surface area contributed by atoms with Gasteiger partial charge in [-0.3, -0.25) is 4.84 Å². The first-order valence-electron chi connectivity index (χ1n) is 6.25. The van der Waals surface area contributed by atoms with Crippen molar-refractivity contribution in [1.82, 2.24) is 4.73 Å². The van der Waals surface area contributed by atoms with Gasteiger partial charge in [0, 0.05) is 12.1 Å². The number of carbonyl (C=O) groups is 2. The molecule has 0 aliphatic carbocycles. The maximum absolute atomic E-state index is 11.6. The van der Waals surface area contributed by atoms with Gasteiger partial charge in [0.05, 0.1) is 5.56 Å². The molecule has 0 aliphatic rings. The van der Waals surface area contributed by atoms with E-state index in [9.17, 15) is 19.8 Å². The maximum Gasteiger partial charge on any atom is 0.534 e. The van der Waals surface area contributed by atoms with Gasteiger partial charge < -0.3 is 19.7 Å². The molecule has 22 heavy (non-hydrogen) atoms. The van der Waals surface area contributed by atoms with Crippen LogP contribution in [0.2, 0.25) is 0 Å². The Bertz CT molecular complexity index is 631. The van der Waals surface area contributed by atoms with Crippen molar-refractivity contribution in [2.75, 3.05) is 13.2 Å². The molecule has 0 spiro atoms. The summed E-state index contributed by atoms with van der Waals surface area (Å²) in [4.78, 5) is 27.4. The Labute approximate surface area is 125 Å². The lowest BCUT2D eigenvalue weighted by Crippen LogP contribution is -2.22. The highest BCUT2D eigenvalue weighted by atomic mass is 16.8. The molecule has 0 fully saturated rings. The summed E-state index contributed by atoms with van der Waals surface area (Å²) in [6, 6.07) is 10.6. The van der Waals surface area contributed by atoms with Crippen molar-refractivity contribution in [2.24, 2.45) is 0 Å². The summed E-state index contributed by atoms with van der Waals surface area (Å²) in [5, 5.41) is 18.5. The first-order chi connectivity index (χ1) is 10.6. The standard InChI is InChI=1S/C14H13NO7/c16-11-6-7-12(17)15(11)22-14(19)21-9-8-20-13(18)10-4-2-1-3-5-10/h1-7,16-17H,8-9H2. The summed E-state index contributed by atoms with van der Waals surface area (Å²) < 4.78 is 10.00. The van der Waals surface area contributed by atoms with Crippen LogP contribution in [0.3, 0.4) is 0 Å². The zero-order valence-electron chi connectivity index (χ0n) is 11.3. The third-order valence-corrected chi connectivity index (χ3v) is 2.51. The van der Waals surface area contributed by atoms with Crippen molar-refractivity contribution < 1.29 is 34.1 Å². The number of aromatic hydroxyl groups is 2. The molecule has 2 rings (SSSR count). The molecule has 8 nitrogen and oxygen atoms in total. The number of aromatic nitrogens is 1. The van der Waals surface area contributed by atoms with Gasteiger partial charge in [0.25, 0.3) is 0 Å². The molecule has 116 valence electrons. The van der Waals surface area contributed by atoms with E-state index in [1.54, 1.807) is 30.3 Å². The van der Waals surface area contributed by atoms with E-state index in [1.165, 1.54) is 0 Å². The van der Waals surface area contributed by atoms with E-state index < -0.39 is 23.9 Å². The second kappa shape index (κ2) is 7.02. The van der Waals surface area contributed by atoms with Crippen molar-refractivity contribution in [3.8, 4) is 11.8 Å². The van der Waals surface area contributed by atoms with Crippen molar-refractivity contribution in [3.63, 3.8) is 0 Å². The lowest BCUT2D eigenvalue weighted by atomic mass is 10.2. The van der Waals surface area contributed by atoms with Crippen LogP contribution in [0, 0.1) is 0 Å². The third-order valence-electron chi connectivity index (χ3n) is 2.51. The molecule has 2 N–H and O–H groups in total. The lowest BCUT2D eigenvalue weighted by Gasteiger charge is -2.08. The number of esters is 1. The van der Waals surface area contributed by atoms with Crippen LogP contribution < -0.4 is 4.84 Å². The van der Waals surface area contributed by atoms with E-state index in [-0.39, 0.29) is 13.2 Å². The molecule has 0 atom stereocenters. The fourth-order valence-corrected chi connectivity index (χ4v) is 1.51. The van der Waals surface area contributed by atoms with Gasteiger partial charge in [0.2, 0.25) is 11.8 Å². The van der Waals surface area contributed by atoms with Gasteiger partial charge in [-0.2, -0.15) is 0 Å². The Morgan fingerprint density at radius 3 is 2.14 bits per heavy atom. The molecule has 1 heterocycles. The second-order valence-corrected chi connectivity index (χ2v) is 4.04. The largest absolute Gasteiger partial charge is 0.534 e. The van der Waals surface area contributed by atoms with Crippen LogP contribution in [-0.2, 0) is 9.47 Å². The molecule has 0 radical (unpaired) electrons. The number of hydrogen-bond donors (Lipinski definition) is 2. The molecule has 2 aromatic rings. The summed E-state index contributed by atoms with van der Waals surface area (Å²) in [7, 11) is 0. The van der Waals surface area contributed by atoms with Gasteiger partial charge >= 0.3 is 12.1 Å². The quantitative estimate of drug-likeness (QED) is 0.633. The second-order valence-electron chi connectivity index (χ2n) is 4.04. The van der Waals surface area contributed by atoms with Gasteiger partial charge in [-0.25, -0.2) is 9.59 Å². The summed E-state index contributed by atoms with van der Waals surface area (Å²) >= 11 is 0. The molecule has 8 heteroatoms. The number of nitrogens with zero attached hydrogens (tertiary/aromatic N) is 1. The van der Waals surface area contributed by atoms with Gasteiger partial charge in [0.15, 0.2) is 0 Å². The fraction of sp³-hybridized carbons (Fsp3) is 0.143. The lowest BCUT2D eigenvalue weighted by molar-refractivity contribution is 0.0145. The van der Waals surface area contributed by atoms with Gasteiger partial charge in [0.1, 0.15) is 13.2 Å². The van der Waals surface area contributed by atoms with Crippen LogP contribution in [0.25, 0.3) is 0 Å². The molecular formula is C14H13NO7. The number of carbonyl (C=O) groups excluding carboxylic acids is 2. The molecule has 0 bridgehead atoms. The first kappa shape index (κ1) is 15.2. The van der Waals surface area contributed by atoms with Crippen molar-refractivity contribution in [3.05, 3.63) is 48.0 Å². The average molecular weight is 307 g/mol. The molecule has 0 saturated heterocycles. The molecule has 0 amide bonds. The summed E-state index contributed by atoms with van der Waals surface area (Å²) in [6.07, 6.45) is -1.17. The van der Waals surface area contributed by atoms with E-state index in [0.29, 0.717) is 10.3 Å². The summed E-state index contributed by atoms with van der Waals surface area (Å²) in [5.41, 5.74) is 0.382. The fourth-order valence-electron chi connectivity index (χ4n) is 1.51. The van der Waals surface area contributed by atoms with Crippen LogP contribution in [0.1, 0.15) is 10.4 Å². The van der Waals surface area contributed by atoms with Crippen molar-refractivity contribution >= 4 is 12.1 Å². The number of benzene rings is 1. The van der Waals surface area contributed by atoms with E-state index >= 15 is 0 Å². The highest BCUT2D eigenvalue weighted by molar-refractivity contribution is 5.89. The number of ether oxygens (including phenoxy) is 2. The topological polar surface area (TPSA) is 107 Å². The molecule has 1 aromatic heterocycles. The highest BCUT2D eigenvalue weighted by Crippen LogP contribution is 2.18. The average Bonchev–Trinajstić information content (AvgIpc) is 2.84. The Morgan fingerprint density at radius 1 is 0.909 bits per heavy atom. The Balaban J connectivity index is 1.71. The van der Waals surface area contributed by atoms with Crippen LogP contribution in [0.15, 0.2) is 42.5 Å². The minimum absolute atomic E-state index is 0.160. The first-order valence-corrected chi connectivity index (χ1v) is 6.25. The summed E-state index contributed by atoms with van der Waals surface area (Å²) in [6.45, 7) is -0.396. The van der Waals surface area contributed by atoms with Crippen LogP contribution in [-0.4, -0.2) is 40.3 Å². The Kier molecular flexibility index (Phi) is 4.86. The van der Waals surface area contributed by atoms with Crippen LogP contribution in [0.4, 0.5) is 4.79 Å². The highest BCUT2D eigenvalue weighted by Gasteiger charge is 2.13. The molecular weight excluding hydrogens is 294 g/mol. The SMILES string of the molecule is O=C(OCCOC(=O)c1ccccc1)On1c(O)ccc1O. The van der Waals surface area contributed by atoms with E-state index in [1.807, 2.05) is 0 Å². The van der Waals surface area contributed by atoms with Crippen molar-refractivity contribution in [1.29, 1.82) is 0 Å². The predicted molar refractivity (Wildman–Crippen MR) is 72.4 cm³/mol. The van der Waals surface area contributed by atoms with E-state index in [2.05, 4.69) is 9.57 Å². The normalized spacial score (nSPS) is 10.0. The number of hydrogen-bond acceptors (Lipinski definition) is 7. The predicted octanol–water partition coefficient (Wildman–Crippen LogP) is 1.32. The molecule has 0 aliphatic heterocycles. The molecule has 0 saturated carbocycles. The van der Waals surface area contributed by atoms with E-state index in [4.69, 9.17) is 4.74 Å².